The van der Waals surface area contributed by atoms with Gasteiger partial charge in [-0.25, -0.2) is 4.98 Å². The van der Waals surface area contributed by atoms with Crippen LogP contribution in [0.3, 0.4) is 0 Å². The fourth-order valence-electron chi connectivity index (χ4n) is 2.73. The summed E-state index contributed by atoms with van der Waals surface area (Å²) in [6.45, 7) is 1.54. The third-order valence-corrected chi connectivity index (χ3v) is 3.96. The molecule has 0 aromatic carbocycles. The van der Waals surface area contributed by atoms with Crippen LogP contribution in [0, 0.1) is 6.92 Å². The van der Waals surface area contributed by atoms with Crippen LogP contribution in [0.2, 0.25) is 0 Å². The number of pyridine rings is 2. The molecular weight excluding hydrogens is 385 g/mol. The predicted octanol–water partition coefficient (Wildman–Crippen LogP) is 3.10. The maximum absolute atomic E-state index is 13.4. The summed E-state index contributed by atoms with van der Waals surface area (Å²) < 4.78 is 41.8. The molecule has 3 aromatic rings. The van der Waals surface area contributed by atoms with Crippen molar-refractivity contribution in [3.05, 3.63) is 53.6 Å². The van der Waals surface area contributed by atoms with Gasteiger partial charge in [-0.05, 0) is 30.7 Å². The molecule has 27 heavy (non-hydrogen) atoms. The molecule has 0 fully saturated rings. The molecule has 0 aliphatic rings. The third-order valence-electron chi connectivity index (χ3n) is 3.96. The SMILES string of the molecule is Cc1cnc(-c2ccc(C[C@H](N)C(=O)O)n3ccnc23)c(C(F)(F)F)c1.Cl. The van der Waals surface area contributed by atoms with Crippen LogP contribution in [-0.4, -0.2) is 31.5 Å². The van der Waals surface area contributed by atoms with Gasteiger partial charge in [0.05, 0.1) is 11.3 Å². The number of hydrogen-bond donors (Lipinski definition) is 2. The van der Waals surface area contributed by atoms with E-state index in [1.54, 1.807) is 6.20 Å². The quantitative estimate of drug-likeness (QED) is 0.702. The second-order valence-electron chi connectivity index (χ2n) is 5.91. The molecule has 0 aliphatic heterocycles. The zero-order valence-corrected chi connectivity index (χ0v) is 14.9. The first-order valence-corrected chi connectivity index (χ1v) is 7.66. The summed E-state index contributed by atoms with van der Waals surface area (Å²) in [5, 5.41) is 8.97. The standard InChI is InChI=1S/C17H15F3N4O2.ClH/c1-9-6-12(17(18,19)20)14(23-8-9)11-3-2-10(7-13(21)16(25)26)24-5-4-22-15(11)24;/h2-6,8,13H,7,21H2,1H3,(H,25,26);1H/t13-;/m0./s1. The Morgan fingerprint density at radius 3 is 2.67 bits per heavy atom. The van der Waals surface area contributed by atoms with Crippen LogP contribution in [0.25, 0.3) is 16.9 Å². The number of nitrogens with two attached hydrogens (primary N) is 1. The van der Waals surface area contributed by atoms with E-state index in [-0.39, 0.29) is 35.7 Å². The molecule has 3 rings (SSSR count). The van der Waals surface area contributed by atoms with Crippen LogP contribution in [0.1, 0.15) is 16.8 Å². The lowest BCUT2D eigenvalue weighted by Gasteiger charge is -2.15. The second-order valence-corrected chi connectivity index (χ2v) is 5.91. The normalized spacial score (nSPS) is 12.6. The molecule has 0 unspecified atom stereocenters. The number of carbonyl (C=O) groups is 1. The van der Waals surface area contributed by atoms with Gasteiger partial charge in [0.25, 0.3) is 0 Å². The number of fused-ring (bicyclic) bond motifs is 1. The highest BCUT2D eigenvalue weighted by molar-refractivity contribution is 5.85. The molecule has 3 N–H and O–H groups in total. The Balaban J connectivity index is 0.00000261. The molecule has 1 atom stereocenters. The minimum Gasteiger partial charge on any atom is -0.480 e. The van der Waals surface area contributed by atoms with E-state index < -0.39 is 23.8 Å². The van der Waals surface area contributed by atoms with Crippen molar-refractivity contribution in [1.29, 1.82) is 0 Å². The van der Waals surface area contributed by atoms with E-state index in [4.69, 9.17) is 10.8 Å². The number of rotatable bonds is 4. The van der Waals surface area contributed by atoms with Crippen LogP contribution in [0.5, 0.6) is 0 Å². The Morgan fingerprint density at radius 1 is 1.33 bits per heavy atom. The molecule has 10 heteroatoms. The number of imidazole rings is 1. The Kier molecular flexibility index (Phi) is 5.76. The van der Waals surface area contributed by atoms with E-state index in [1.807, 2.05) is 0 Å². The average Bonchev–Trinajstić information content (AvgIpc) is 3.04. The second kappa shape index (κ2) is 7.53. The Hall–Kier alpha value is -2.65. The maximum atomic E-state index is 13.4. The lowest BCUT2D eigenvalue weighted by molar-refractivity contribution is -0.139. The molecule has 0 bridgehead atoms. The first kappa shape index (κ1) is 20.7. The van der Waals surface area contributed by atoms with Crippen LogP contribution in [0.4, 0.5) is 13.2 Å². The lowest BCUT2D eigenvalue weighted by atomic mass is 10.0. The topological polar surface area (TPSA) is 93.5 Å². The van der Waals surface area contributed by atoms with Gasteiger partial charge in [-0.2, -0.15) is 13.2 Å². The number of hydrogen-bond acceptors (Lipinski definition) is 4. The fraction of sp³-hybridized carbons (Fsp3) is 0.235. The zero-order chi connectivity index (χ0) is 19.1. The first-order valence-electron chi connectivity index (χ1n) is 7.66. The van der Waals surface area contributed by atoms with Crippen LogP contribution in [0.15, 0.2) is 36.8 Å². The van der Waals surface area contributed by atoms with E-state index in [0.717, 1.165) is 6.07 Å². The third kappa shape index (κ3) is 4.04. The molecule has 0 saturated heterocycles. The number of aromatic nitrogens is 3. The summed E-state index contributed by atoms with van der Waals surface area (Å²) in [7, 11) is 0. The Labute approximate surface area is 158 Å². The average molecular weight is 401 g/mol. The van der Waals surface area contributed by atoms with Crippen LogP contribution in [-0.2, 0) is 17.4 Å². The zero-order valence-electron chi connectivity index (χ0n) is 14.1. The highest BCUT2D eigenvalue weighted by atomic mass is 35.5. The van der Waals surface area contributed by atoms with Crippen molar-refractivity contribution in [3.8, 4) is 11.3 Å². The Morgan fingerprint density at radius 2 is 2.04 bits per heavy atom. The molecule has 0 radical (unpaired) electrons. The number of halogens is 4. The summed E-state index contributed by atoms with van der Waals surface area (Å²) in [6, 6.07) is 2.90. The maximum Gasteiger partial charge on any atom is 0.418 e. The van der Waals surface area contributed by atoms with Crippen molar-refractivity contribution in [1.82, 2.24) is 14.4 Å². The molecule has 0 spiro atoms. The number of carboxylic acid groups (broad SMARTS) is 1. The number of aryl methyl sites for hydroxylation is 1. The van der Waals surface area contributed by atoms with Crippen molar-refractivity contribution in [2.75, 3.05) is 0 Å². The van der Waals surface area contributed by atoms with Gasteiger partial charge in [0, 0.05) is 36.3 Å². The highest BCUT2D eigenvalue weighted by Gasteiger charge is 2.35. The smallest absolute Gasteiger partial charge is 0.418 e. The van der Waals surface area contributed by atoms with Gasteiger partial charge in [-0.3, -0.25) is 9.78 Å². The minimum atomic E-state index is -4.57. The molecule has 6 nitrogen and oxygen atoms in total. The van der Waals surface area contributed by atoms with E-state index in [1.165, 1.54) is 35.9 Å². The minimum absolute atomic E-state index is 0. The lowest BCUT2D eigenvalue weighted by Crippen LogP contribution is -2.32. The highest BCUT2D eigenvalue weighted by Crippen LogP contribution is 2.37. The van der Waals surface area contributed by atoms with E-state index in [0.29, 0.717) is 11.3 Å². The van der Waals surface area contributed by atoms with Crippen LogP contribution < -0.4 is 5.73 Å². The summed E-state index contributed by atoms with van der Waals surface area (Å²) in [4.78, 5) is 19.1. The largest absolute Gasteiger partial charge is 0.480 e. The van der Waals surface area contributed by atoms with E-state index >= 15 is 0 Å². The molecule has 144 valence electrons. The van der Waals surface area contributed by atoms with Crippen molar-refractivity contribution in [2.24, 2.45) is 5.73 Å². The molecule has 0 saturated carbocycles. The molecule has 3 aromatic heterocycles. The van der Waals surface area contributed by atoms with Crippen molar-refractivity contribution in [3.63, 3.8) is 0 Å². The van der Waals surface area contributed by atoms with E-state index in [2.05, 4.69) is 9.97 Å². The molecule has 3 heterocycles. The van der Waals surface area contributed by atoms with E-state index in [9.17, 15) is 18.0 Å². The van der Waals surface area contributed by atoms with Gasteiger partial charge < -0.3 is 15.2 Å². The number of nitrogens with zero attached hydrogens (tertiary/aromatic N) is 3. The molecule has 0 amide bonds. The molecule has 0 aliphatic carbocycles. The van der Waals surface area contributed by atoms with Crippen molar-refractivity contribution in [2.45, 2.75) is 25.6 Å². The van der Waals surface area contributed by atoms with Crippen molar-refractivity contribution < 1.29 is 23.1 Å². The first-order chi connectivity index (χ1) is 12.2. The summed E-state index contributed by atoms with van der Waals surface area (Å²) in [5.74, 6) is -1.16. The van der Waals surface area contributed by atoms with Gasteiger partial charge in [0.1, 0.15) is 11.7 Å². The van der Waals surface area contributed by atoms with Gasteiger partial charge in [-0.15, -0.1) is 12.4 Å². The van der Waals surface area contributed by atoms with Crippen molar-refractivity contribution >= 4 is 24.0 Å². The Bertz CT molecular complexity index is 988. The van der Waals surface area contributed by atoms with Crippen LogP contribution >= 0.6 is 12.4 Å². The number of aliphatic carboxylic acids is 1. The number of carboxylic acids is 1. The van der Waals surface area contributed by atoms with Gasteiger partial charge in [0.2, 0.25) is 0 Å². The predicted molar refractivity (Wildman–Crippen MR) is 94.7 cm³/mol. The van der Waals surface area contributed by atoms with Gasteiger partial charge in [0.15, 0.2) is 0 Å². The summed E-state index contributed by atoms with van der Waals surface area (Å²) >= 11 is 0. The molecular formula is C17H16ClF3N4O2. The summed E-state index contributed by atoms with van der Waals surface area (Å²) in [5.41, 5.74) is 5.86. The summed E-state index contributed by atoms with van der Waals surface area (Å²) in [6.07, 6.45) is -0.225. The monoisotopic (exact) mass is 400 g/mol. The number of alkyl halides is 3. The van der Waals surface area contributed by atoms with Gasteiger partial charge >= 0.3 is 12.1 Å². The fourth-order valence-corrected chi connectivity index (χ4v) is 2.73. The van der Waals surface area contributed by atoms with Gasteiger partial charge in [-0.1, -0.05) is 0 Å².